The number of hydrogen-bond donors (Lipinski definition) is 2. The third-order valence-corrected chi connectivity index (χ3v) is 2.55. The topological polar surface area (TPSA) is 84.1 Å². The zero-order valence-electron chi connectivity index (χ0n) is 10.2. The molecule has 2 rings (SSSR count). The second kappa shape index (κ2) is 5.40. The minimum Gasteiger partial charge on any atom is -0.310 e. The molecule has 0 saturated carbocycles. The third-order valence-electron chi connectivity index (χ3n) is 2.55. The molecule has 0 atom stereocenters. The van der Waals surface area contributed by atoms with Gasteiger partial charge >= 0.3 is 0 Å². The first-order chi connectivity index (χ1) is 9.11. The van der Waals surface area contributed by atoms with Gasteiger partial charge in [-0.25, -0.2) is 10.2 Å². The van der Waals surface area contributed by atoms with E-state index in [0.717, 1.165) is 0 Å². The Morgan fingerprint density at radius 3 is 2.42 bits per heavy atom. The molecule has 1 aromatic carbocycles. The molecule has 1 aromatic heterocycles. The molecule has 2 aromatic rings. The van der Waals surface area contributed by atoms with E-state index >= 15 is 0 Å². The van der Waals surface area contributed by atoms with Crippen LogP contribution in [0.3, 0.4) is 0 Å². The van der Waals surface area contributed by atoms with E-state index in [0.29, 0.717) is 11.5 Å². The van der Waals surface area contributed by atoms with Crippen LogP contribution in [-0.4, -0.2) is 23.2 Å². The second-order valence-electron chi connectivity index (χ2n) is 3.79. The van der Waals surface area contributed by atoms with Crippen LogP contribution in [0.5, 0.6) is 0 Å². The monoisotopic (exact) mass is 261 g/mol. The number of nitrogens with two attached hydrogens (primary N) is 1. The SMILES string of the molecule is CN(C(=O)c1ccc(NN)nn1)c1ccc(F)cc1. The van der Waals surface area contributed by atoms with Gasteiger partial charge in [0.05, 0.1) is 0 Å². The van der Waals surface area contributed by atoms with Gasteiger partial charge in [-0.15, -0.1) is 10.2 Å². The van der Waals surface area contributed by atoms with Crippen molar-refractivity contribution >= 4 is 17.4 Å². The summed E-state index contributed by atoms with van der Waals surface area (Å²) in [6.45, 7) is 0. The maximum atomic E-state index is 12.8. The van der Waals surface area contributed by atoms with Gasteiger partial charge in [0.25, 0.3) is 5.91 Å². The highest BCUT2D eigenvalue weighted by atomic mass is 19.1. The van der Waals surface area contributed by atoms with Crippen molar-refractivity contribution in [3.8, 4) is 0 Å². The molecule has 1 amide bonds. The standard InChI is InChI=1S/C12H12FN5O/c1-18(9-4-2-8(13)3-5-9)12(19)10-6-7-11(15-14)17-16-10/h2-7H,14H2,1H3,(H,15,17). The van der Waals surface area contributed by atoms with E-state index < -0.39 is 0 Å². The first-order valence-electron chi connectivity index (χ1n) is 5.46. The maximum absolute atomic E-state index is 12.8. The number of hydrazine groups is 1. The number of carbonyl (C=O) groups is 1. The fourth-order valence-corrected chi connectivity index (χ4v) is 1.48. The number of nitrogens with zero attached hydrogens (tertiary/aromatic N) is 3. The van der Waals surface area contributed by atoms with Crippen LogP contribution in [0.25, 0.3) is 0 Å². The predicted molar refractivity (Wildman–Crippen MR) is 69.0 cm³/mol. The van der Waals surface area contributed by atoms with Gasteiger partial charge in [-0.05, 0) is 36.4 Å². The molecule has 0 unspecified atom stereocenters. The van der Waals surface area contributed by atoms with E-state index in [2.05, 4.69) is 15.6 Å². The van der Waals surface area contributed by atoms with Gasteiger partial charge in [0.15, 0.2) is 11.5 Å². The van der Waals surface area contributed by atoms with Crippen molar-refractivity contribution in [3.05, 3.63) is 47.9 Å². The van der Waals surface area contributed by atoms with E-state index in [-0.39, 0.29) is 17.4 Å². The Kier molecular flexibility index (Phi) is 3.67. The molecule has 1 heterocycles. The third kappa shape index (κ3) is 2.83. The molecule has 0 bridgehead atoms. The van der Waals surface area contributed by atoms with Crippen LogP contribution in [0.4, 0.5) is 15.9 Å². The van der Waals surface area contributed by atoms with Crippen LogP contribution >= 0.6 is 0 Å². The van der Waals surface area contributed by atoms with Crippen LogP contribution in [0.1, 0.15) is 10.5 Å². The second-order valence-corrected chi connectivity index (χ2v) is 3.79. The number of aromatic nitrogens is 2. The minimum absolute atomic E-state index is 0.172. The highest BCUT2D eigenvalue weighted by Gasteiger charge is 2.15. The highest BCUT2D eigenvalue weighted by molar-refractivity contribution is 6.04. The first-order valence-corrected chi connectivity index (χ1v) is 5.46. The van der Waals surface area contributed by atoms with Crippen molar-refractivity contribution < 1.29 is 9.18 Å². The lowest BCUT2D eigenvalue weighted by Crippen LogP contribution is -2.27. The minimum atomic E-state index is -0.359. The molecule has 0 aliphatic carbocycles. The molecule has 19 heavy (non-hydrogen) atoms. The number of benzene rings is 1. The molecule has 0 fully saturated rings. The molecule has 3 N–H and O–H groups in total. The van der Waals surface area contributed by atoms with E-state index in [1.54, 1.807) is 13.1 Å². The fourth-order valence-electron chi connectivity index (χ4n) is 1.48. The lowest BCUT2D eigenvalue weighted by atomic mass is 10.2. The molecule has 0 spiro atoms. The highest BCUT2D eigenvalue weighted by Crippen LogP contribution is 2.15. The molecule has 0 radical (unpaired) electrons. The van der Waals surface area contributed by atoms with Crippen LogP contribution in [0, 0.1) is 5.82 Å². The lowest BCUT2D eigenvalue weighted by Gasteiger charge is -2.16. The summed E-state index contributed by atoms with van der Waals surface area (Å²) in [4.78, 5) is 13.5. The molecule has 7 heteroatoms. The Balaban J connectivity index is 2.20. The molecule has 0 aliphatic rings. The van der Waals surface area contributed by atoms with Crippen molar-refractivity contribution in [3.63, 3.8) is 0 Å². The van der Waals surface area contributed by atoms with Gasteiger partial charge in [-0.3, -0.25) is 4.79 Å². The number of halogens is 1. The van der Waals surface area contributed by atoms with Gasteiger partial charge in [0.2, 0.25) is 0 Å². The van der Waals surface area contributed by atoms with Crippen molar-refractivity contribution in [2.75, 3.05) is 17.4 Å². The number of anilines is 2. The molecule has 6 nitrogen and oxygen atoms in total. The summed E-state index contributed by atoms with van der Waals surface area (Å²) >= 11 is 0. The lowest BCUT2D eigenvalue weighted by molar-refractivity contribution is 0.0987. The Hall–Kier alpha value is -2.54. The Morgan fingerprint density at radius 2 is 1.89 bits per heavy atom. The van der Waals surface area contributed by atoms with Gasteiger partial charge in [-0.2, -0.15) is 0 Å². The summed E-state index contributed by atoms with van der Waals surface area (Å²) in [5.41, 5.74) is 3.06. The summed E-state index contributed by atoms with van der Waals surface area (Å²) in [6, 6.07) is 8.63. The Morgan fingerprint density at radius 1 is 1.21 bits per heavy atom. The first kappa shape index (κ1) is 12.9. The van der Waals surface area contributed by atoms with E-state index in [4.69, 9.17) is 5.84 Å². The summed E-state index contributed by atoms with van der Waals surface area (Å²) < 4.78 is 12.8. The summed E-state index contributed by atoms with van der Waals surface area (Å²) in [7, 11) is 1.58. The Bertz CT molecular complexity index is 570. The maximum Gasteiger partial charge on any atom is 0.278 e. The van der Waals surface area contributed by atoms with Gasteiger partial charge in [-0.1, -0.05) is 0 Å². The number of nitrogen functional groups attached to an aromatic ring is 1. The molecular weight excluding hydrogens is 249 g/mol. The van der Waals surface area contributed by atoms with Gasteiger partial charge < -0.3 is 10.3 Å². The zero-order chi connectivity index (χ0) is 13.8. The average molecular weight is 261 g/mol. The molecule has 0 saturated heterocycles. The summed E-state index contributed by atoms with van der Waals surface area (Å²) in [5.74, 6) is 4.82. The normalized spacial score (nSPS) is 10.1. The number of rotatable bonds is 3. The fraction of sp³-hybridized carbons (Fsp3) is 0.0833. The zero-order valence-corrected chi connectivity index (χ0v) is 10.2. The number of hydrogen-bond acceptors (Lipinski definition) is 5. The van der Waals surface area contributed by atoms with Crippen LogP contribution < -0.4 is 16.2 Å². The molecule has 98 valence electrons. The van der Waals surface area contributed by atoms with Crippen molar-refractivity contribution in [1.82, 2.24) is 10.2 Å². The van der Waals surface area contributed by atoms with Crippen molar-refractivity contribution in [1.29, 1.82) is 0 Å². The number of nitrogens with one attached hydrogen (secondary N) is 1. The van der Waals surface area contributed by atoms with Gasteiger partial charge in [0, 0.05) is 12.7 Å². The van der Waals surface area contributed by atoms with E-state index in [1.807, 2.05) is 0 Å². The summed E-state index contributed by atoms with van der Waals surface area (Å²) in [5, 5.41) is 7.47. The number of carbonyl (C=O) groups excluding carboxylic acids is 1. The average Bonchev–Trinajstić information content (AvgIpc) is 2.46. The largest absolute Gasteiger partial charge is 0.310 e. The van der Waals surface area contributed by atoms with E-state index in [1.165, 1.54) is 35.2 Å². The molecular formula is C12H12FN5O. The van der Waals surface area contributed by atoms with Gasteiger partial charge in [0.1, 0.15) is 5.82 Å². The summed E-state index contributed by atoms with van der Waals surface area (Å²) in [6.07, 6.45) is 0. The van der Waals surface area contributed by atoms with Crippen LogP contribution in [-0.2, 0) is 0 Å². The predicted octanol–water partition coefficient (Wildman–Crippen LogP) is 1.18. The van der Waals surface area contributed by atoms with Crippen LogP contribution in [0.2, 0.25) is 0 Å². The van der Waals surface area contributed by atoms with Crippen molar-refractivity contribution in [2.24, 2.45) is 5.84 Å². The Labute approximate surface area is 109 Å². The van der Waals surface area contributed by atoms with E-state index in [9.17, 15) is 9.18 Å². The smallest absolute Gasteiger partial charge is 0.278 e. The van der Waals surface area contributed by atoms with Crippen molar-refractivity contribution in [2.45, 2.75) is 0 Å². The van der Waals surface area contributed by atoms with Crippen LogP contribution in [0.15, 0.2) is 36.4 Å². The number of amides is 1. The quantitative estimate of drug-likeness (QED) is 0.640. The molecule has 0 aliphatic heterocycles.